The summed E-state index contributed by atoms with van der Waals surface area (Å²) < 4.78 is 0. The lowest BCUT2D eigenvalue weighted by Gasteiger charge is -2.12. The van der Waals surface area contributed by atoms with Crippen LogP contribution in [0.15, 0.2) is 24.5 Å². The molecule has 0 aliphatic heterocycles. The van der Waals surface area contributed by atoms with Gasteiger partial charge in [0.1, 0.15) is 0 Å². The number of hydrogen-bond acceptors (Lipinski definition) is 4. The smallest absolute Gasteiger partial charge is 0.318 e. The molecule has 1 aromatic rings. The molecule has 0 aliphatic carbocycles. The molecule has 1 rings (SSSR count). The highest BCUT2D eigenvalue weighted by atomic mass is 16.2. The number of urea groups is 1. The van der Waals surface area contributed by atoms with Crippen LogP contribution in [-0.4, -0.2) is 23.5 Å². The molecule has 0 spiro atoms. The van der Waals surface area contributed by atoms with Crippen molar-refractivity contribution in [2.24, 2.45) is 5.73 Å². The maximum atomic E-state index is 11.1. The van der Waals surface area contributed by atoms with E-state index in [2.05, 4.69) is 10.3 Å². The first kappa shape index (κ1) is 12.1. The van der Waals surface area contributed by atoms with Gasteiger partial charge in [-0.15, -0.1) is 0 Å². The van der Waals surface area contributed by atoms with E-state index in [9.17, 15) is 9.59 Å². The summed E-state index contributed by atoms with van der Waals surface area (Å²) in [4.78, 5) is 25.4. The summed E-state index contributed by atoms with van der Waals surface area (Å²) in [6.45, 7) is 1.92. The highest BCUT2D eigenvalue weighted by Gasteiger charge is 2.08. The number of nitrogens with one attached hydrogen (secondary N) is 2. The van der Waals surface area contributed by atoms with Crippen LogP contribution in [0.25, 0.3) is 0 Å². The van der Waals surface area contributed by atoms with Crippen LogP contribution in [0.1, 0.15) is 18.5 Å². The zero-order valence-electron chi connectivity index (χ0n) is 8.93. The Hall–Kier alpha value is -1.95. The van der Waals surface area contributed by atoms with Gasteiger partial charge in [-0.25, -0.2) is 4.79 Å². The van der Waals surface area contributed by atoms with Crippen molar-refractivity contribution < 1.29 is 9.59 Å². The Kier molecular flexibility index (Phi) is 4.41. The molecule has 3 amide bonds. The van der Waals surface area contributed by atoms with Gasteiger partial charge in [0, 0.05) is 18.4 Å². The van der Waals surface area contributed by atoms with Gasteiger partial charge in [-0.3, -0.25) is 15.1 Å². The van der Waals surface area contributed by atoms with Gasteiger partial charge >= 0.3 is 6.03 Å². The average molecular weight is 222 g/mol. The Bertz CT molecular complexity index is 366. The van der Waals surface area contributed by atoms with Gasteiger partial charge in [0.25, 0.3) is 0 Å². The van der Waals surface area contributed by atoms with Crippen molar-refractivity contribution in [3.63, 3.8) is 0 Å². The maximum Gasteiger partial charge on any atom is 0.318 e. The van der Waals surface area contributed by atoms with E-state index in [0.717, 1.165) is 5.56 Å². The standard InChI is InChI=1S/C10H14N4O2/c1-7(8-3-2-4-12-5-8)13-6-9(15)14-10(11)16/h2-5,7,13H,6H2,1H3,(H3,11,14,15,16)/t7-/m1/s1. The molecular weight excluding hydrogens is 208 g/mol. The Morgan fingerprint density at radius 1 is 1.56 bits per heavy atom. The molecule has 0 unspecified atom stereocenters. The molecule has 0 aromatic carbocycles. The van der Waals surface area contributed by atoms with Crippen molar-refractivity contribution in [1.82, 2.24) is 15.6 Å². The third-order valence-electron chi connectivity index (χ3n) is 2.02. The molecule has 16 heavy (non-hydrogen) atoms. The first-order chi connectivity index (χ1) is 7.59. The topological polar surface area (TPSA) is 97.1 Å². The lowest BCUT2D eigenvalue weighted by atomic mass is 10.1. The molecular formula is C10H14N4O2. The summed E-state index contributed by atoms with van der Waals surface area (Å²) in [7, 11) is 0. The predicted molar refractivity (Wildman–Crippen MR) is 58.4 cm³/mol. The van der Waals surface area contributed by atoms with Crippen LogP contribution in [0.5, 0.6) is 0 Å². The number of pyridine rings is 1. The molecule has 6 heteroatoms. The summed E-state index contributed by atoms with van der Waals surface area (Å²) in [6.07, 6.45) is 3.39. The van der Waals surface area contributed by atoms with E-state index in [1.54, 1.807) is 12.4 Å². The van der Waals surface area contributed by atoms with Crippen LogP contribution in [0, 0.1) is 0 Å². The van der Waals surface area contributed by atoms with Gasteiger partial charge in [-0.1, -0.05) is 6.07 Å². The fourth-order valence-electron chi connectivity index (χ4n) is 1.18. The minimum absolute atomic E-state index is 0.0210. The minimum Gasteiger partial charge on any atom is -0.351 e. The van der Waals surface area contributed by atoms with Gasteiger partial charge in [0.2, 0.25) is 5.91 Å². The zero-order chi connectivity index (χ0) is 12.0. The van der Waals surface area contributed by atoms with Crippen LogP contribution >= 0.6 is 0 Å². The number of rotatable bonds is 4. The molecule has 0 fully saturated rings. The first-order valence-corrected chi connectivity index (χ1v) is 4.82. The number of carbonyl (C=O) groups excluding carboxylic acids is 2. The molecule has 1 heterocycles. The van der Waals surface area contributed by atoms with Crippen molar-refractivity contribution in [2.75, 3.05) is 6.54 Å². The summed E-state index contributed by atoms with van der Waals surface area (Å²) >= 11 is 0. The van der Waals surface area contributed by atoms with Crippen molar-refractivity contribution in [3.8, 4) is 0 Å². The van der Waals surface area contributed by atoms with Crippen LogP contribution in [0.3, 0.4) is 0 Å². The summed E-state index contributed by atoms with van der Waals surface area (Å²) in [5, 5.41) is 4.92. The zero-order valence-corrected chi connectivity index (χ0v) is 8.93. The fraction of sp³-hybridized carbons (Fsp3) is 0.300. The lowest BCUT2D eigenvalue weighted by molar-refractivity contribution is -0.119. The molecule has 0 saturated carbocycles. The third kappa shape index (κ3) is 4.05. The molecule has 0 bridgehead atoms. The summed E-state index contributed by atoms with van der Waals surface area (Å²) in [5.41, 5.74) is 5.77. The van der Waals surface area contributed by atoms with E-state index >= 15 is 0 Å². The van der Waals surface area contributed by atoms with Crippen LogP contribution in [-0.2, 0) is 4.79 Å². The number of nitrogens with two attached hydrogens (primary N) is 1. The van der Waals surface area contributed by atoms with Gasteiger partial charge in [-0.2, -0.15) is 0 Å². The highest BCUT2D eigenvalue weighted by molar-refractivity contribution is 5.94. The second-order valence-electron chi connectivity index (χ2n) is 3.30. The monoisotopic (exact) mass is 222 g/mol. The van der Waals surface area contributed by atoms with Gasteiger partial charge in [-0.05, 0) is 18.6 Å². The quantitative estimate of drug-likeness (QED) is 0.664. The van der Waals surface area contributed by atoms with E-state index < -0.39 is 11.9 Å². The Balaban J connectivity index is 2.39. The largest absolute Gasteiger partial charge is 0.351 e. The normalized spacial score (nSPS) is 11.8. The number of imide groups is 1. The van der Waals surface area contributed by atoms with E-state index in [1.807, 2.05) is 24.4 Å². The van der Waals surface area contributed by atoms with Crippen LogP contribution in [0.4, 0.5) is 4.79 Å². The molecule has 0 aliphatic rings. The fourth-order valence-corrected chi connectivity index (χ4v) is 1.18. The minimum atomic E-state index is -0.846. The Labute approximate surface area is 93.2 Å². The van der Waals surface area contributed by atoms with Gasteiger partial charge < -0.3 is 11.1 Å². The van der Waals surface area contributed by atoms with Crippen LogP contribution < -0.4 is 16.4 Å². The third-order valence-corrected chi connectivity index (χ3v) is 2.02. The molecule has 4 N–H and O–H groups in total. The Morgan fingerprint density at radius 2 is 2.31 bits per heavy atom. The Morgan fingerprint density at radius 3 is 2.88 bits per heavy atom. The number of amides is 3. The highest BCUT2D eigenvalue weighted by Crippen LogP contribution is 2.08. The molecule has 0 saturated heterocycles. The predicted octanol–water partition coefficient (Wildman–Crippen LogP) is -0.0729. The molecule has 0 radical (unpaired) electrons. The molecule has 6 nitrogen and oxygen atoms in total. The van der Waals surface area contributed by atoms with Crippen molar-refractivity contribution in [1.29, 1.82) is 0 Å². The molecule has 86 valence electrons. The number of nitrogens with zero attached hydrogens (tertiary/aromatic N) is 1. The van der Waals surface area contributed by atoms with Crippen molar-refractivity contribution >= 4 is 11.9 Å². The van der Waals surface area contributed by atoms with Crippen LogP contribution in [0.2, 0.25) is 0 Å². The van der Waals surface area contributed by atoms with E-state index in [0.29, 0.717) is 0 Å². The summed E-state index contributed by atoms with van der Waals surface area (Å²) in [6, 6.07) is 2.85. The number of aromatic nitrogens is 1. The maximum absolute atomic E-state index is 11.1. The van der Waals surface area contributed by atoms with E-state index in [4.69, 9.17) is 5.73 Å². The number of primary amides is 1. The average Bonchev–Trinajstić information content (AvgIpc) is 2.26. The lowest BCUT2D eigenvalue weighted by Crippen LogP contribution is -2.41. The van der Waals surface area contributed by atoms with Gasteiger partial charge in [0.15, 0.2) is 0 Å². The molecule has 1 atom stereocenters. The van der Waals surface area contributed by atoms with Gasteiger partial charge in [0.05, 0.1) is 6.54 Å². The number of hydrogen-bond donors (Lipinski definition) is 3. The SMILES string of the molecule is C[C@@H](NCC(=O)NC(N)=O)c1cccnc1. The second-order valence-corrected chi connectivity index (χ2v) is 3.30. The van der Waals surface area contributed by atoms with E-state index in [1.165, 1.54) is 0 Å². The van der Waals surface area contributed by atoms with E-state index in [-0.39, 0.29) is 12.6 Å². The first-order valence-electron chi connectivity index (χ1n) is 4.82. The summed E-state index contributed by atoms with van der Waals surface area (Å²) in [5.74, 6) is -0.455. The van der Waals surface area contributed by atoms with Crippen molar-refractivity contribution in [2.45, 2.75) is 13.0 Å². The van der Waals surface area contributed by atoms with Crippen molar-refractivity contribution in [3.05, 3.63) is 30.1 Å². The molecule has 1 aromatic heterocycles. The second kappa shape index (κ2) is 5.82. The number of carbonyl (C=O) groups is 2.